The van der Waals surface area contributed by atoms with Gasteiger partial charge in [-0.2, -0.15) is 0 Å². The molecule has 0 atom stereocenters. The second-order valence-corrected chi connectivity index (χ2v) is 5.06. The number of hydrogen-bond donors (Lipinski definition) is 1. The lowest BCUT2D eigenvalue weighted by Gasteiger charge is -2.16. The van der Waals surface area contributed by atoms with Gasteiger partial charge in [-0.1, -0.05) is 31.5 Å². The monoisotopic (exact) mass is 318 g/mol. The molecular weight excluding hydrogens is 299 g/mol. The van der Waals surface area contributed by atoms with E-state index in [0.29, 0.717) is 29.7 Å². The number of halogens is 1. The van der Waals surface area contributed by atoms with Crippen molar-refractivity contribution in [3.63, 3.8) is 0 Å². The van der Waals surface area contributed by atoms with Crippen molar-refractivity contribution >= 4 is 5.97 Å². The van der Waals surface area contributed by atoms with Crippen LogP contribution in [0.25, 0.3) is 11.1 Å². The summed E-state index contributed by atoms with van der Waals surface area (Å²) in [5, 5.41) is 10.2. The molecule has 0 saturated heterocycles. The minimum absolute atomic E-state index is 0.00208. The van der Waals surface area contributed by atoms with Crippen LogP contribution in [0.4, 0.5) is 4.39 Å². The van der Waals surface area contributed by atoms with Gasteiger partial charge < -0.3 is 14.6 Å². The predicted molar refractivity (Wildman–Crippen MR) is 85.4 cm³/mol. The van der Waals surface area contributed by atoms with Crippen LogP contribution in [0.15, 0.2) is 30.3 Å². The third-order valence-electron chi connectivity index (χ3n) is 3.60. The Bertz CT molecular complexity index is 725. The molecule has 0 unspecified atom stereocenters. The number of para-hydroxylation sites is 1. The van der Waals surface area contributed by atoms with Gasteiger partial charge in [0, 0.05) is 11.1 Å². The van der Waals surface area contributed by atoms with Gasteiger partial charge in [0.25, 0.3) is 0 Å². The summed E-state index contributed by atoms with van der Waals surface area (Å²) in [5.74, 6) is -1.24. The summed E-state index contributed by atoms with van der Waals surface area (Å²) in [7, 11) is 2.65. The fourth-order valence-corrected chi connectivity index (χ4v) is 2.56. The Hall–Kier alpha value is -2.56. The summed E-state index contributed by atoms with van der Waals surface area (Å²) < 4.78 is 25.0. The maximum Gasteiger partial charge on any atom is 0.342 e. The Kier molecular flexibility index (Phi) is 5.21. The van der Waals surface area contributed by atoms with Gasteiger partial charge in [0.2, 0.25) is 0 Å². The zero-order valence-electron chi connectivity index (χ0n) is 13.4. The van der Waals surface area contributed by atoms with Crippen LogP contribution in [-0.2, 0) is 11.2 Å². The van der Waals surface area contributed by atoms with Gasteiger partial charge in [0.15, 0.2) is 0 Å². The maximum absolute atomic E-state index is 15.0. The molecule has 0 fully saturated rings. The standard InChI is InChI=1S/C18H19FO4/c1-4-7-11-10-13(20)16(18(21)23-3)15(17(11)19)12-8-5-6-9-14(12)22-2/h5-6,8-10,20H,4,7H2,1-3H3. The highest BCUT2D eigenvalue weighted by molar-refractivity contribution is 6.01. The number of carbonyl (C=O) groups excluding carboxylic acids is 1. The lowest BCUT2D eigenvalue weighted by molar-refractivity contribution is 0.0598. The van der Waals surface area contributed by atoms with E-state index in [1.165, 1.54) is 20.3 Å². The Morgan fingerprint density at radius 2 is 1.96 bits per heavy atom. The molecule has 5 heteroatoms. The number of hydrogen-bond acceptors (Lipinski definition) is 4. The van der Waals surface area contributed by atoms with E-state index < -0.39 is 11.8 Å². The topological polar surface area (TPSA) is 55.8 Å². The van der Waals surface area contributed by atoms with Crippen molar-refractivity contribution in [1.82, 2.24) is 0 Å². The summed E-state index contributed by atoms with van der Waals surface area (Å²) >= 11 is 0. The molecule has 1 N–H and O–H groups in total. The average Bonchev–Trinajstić information content (AvgIpc) is 2.57. The van der Waals surface area contributed by atoms with Crippen molar-refractivity contribution < 1.29 is 23.8 Å². The van der Waals surface area contributed by atoms with Crippen LogP contribution in [-0.4, -0.2) is 25.3 Å². The molecule has 0 aliphatic heterocycles. The molecule has 4 nitrogen and oxygen atoms in total. The Morgan fingerprint density at radius 1 is 1.26 bits per heavy atom. The fourth-order valence-electron chi connectivity index (χ4n) is 2.56. The van der Waals surface area contributed by atoms with E-state index in [2.05, 4.69) is 0 Å². The molecule has 2 aromatic rings. The van der Waals surface area contributed by atoms with Crippen LogP contribution in [0.1, 0.15) is 29.3 Å². The number of aromatic hydroxyl groups is 1. The molecule has 0 radical (unpaired) electrons. The number of phenols is 1. The predicted octanol–water partition coefficient (Wildman–Crippen LogP) is 3.95. The average molecular weight is 318 g/mol. The van der Waals surface area contributed by atoms with Crippen LogP contribution < -0.4 is 4.74 Å². The van der Waals surface area contributed by atoms with E-state index in [4.69, 9.17) is 9.47 Å². The molecule has 0 saturated carbocycles. The SMILES string of the molecule is CCCc1cc(O)c(C(=O)OC)c(-c2ccccc2OC)c1F. The maximum atomic E-state index is 15.0. The van der Waals surface area contributed by atoms with Crippen LogP contribution in [0.5, 0.6) is 11.5 Å². The van der Waals surface area contributed by atoms with Gasteiger partial charge in [0.1, 0.15) is 22.9 Å². The van der Waals surface area contributed by atoms with Crippen molar-refractivity contribution in [3.05, 3.63) is 47.3 Å². The first-order valence-corrected chi connectivity index (χ1v) is 7.31. The number of benzene rings is 2. The van der Waals surface area contributed by atoms with Crippen LogP contribution in [0.3, 0.4) is 0 Å². The van der Waals surface area contributed by atoms with E-state index in [1.54, 1.807) is 24.3 Å². The molecule has 0 amide bonds. The molecule has 2 rings (SSSR count). The van der Waals surface area contributed by atoms with E-state index in [-0.39, 0.29) is 16.9 Å². The molecule has 0 heterocycles. The van der Waals surface area contributed by atoms with E-state index in [9.17, 15) is 9.90 Å². The first-order valence-electron chi connectivity index (χ1n) is 7.31. The zero-order valence-corrected chi connectivity index (χ0v) is 13.4. The van der Waals surface area contributed by atoms with Crippen molar-refractivity contribution in [1.29, 1.82) is 0 Å². The van der Waals surface area contributed by atoms with Crippen LogP contribution in [0, 0.1) is 5.82 Å². The number of ether oxygens (including phenoxy) is 2. The summed E-state index contributed by atoms with van der Waals surface area (Å²) in [6.07, 6.45) is 1.16. The normalized spacial score (nSPS) is 10.4. The lowest BCUT2D eigenvalue weighted by Crippen LogP contribution is -2.08. The van der Waals surface area contributed by atoms with Gasteiger partial charge in [-0.15, -0.1) is 0 Å². The minimum Gasteiger partial charge on any atom is -0.507 e. The number of carbonyl (C=O) groups is 1. The molecule has 122 valence electrons. The molecule has 23 heavy (non-hydrogen) atoms. The lowest BCUT2D eigenvalue weighted by atomic mass is 9.93. The third kappa shape index (κ3) is 3.13. The first-order chi connectivity index (χ1) is 11.0. The van der Waals surface area contributed by atoms with Crippen molar-refractivity contribution in [2.24, 2.45) is 0 Å². The summed E-state index contributed by atoms with van der Waals surface area (Å²) in [4.78, 5) is 12.1. The highest BCUT2D eigenvalue weighted by Gasteiger charge is 2.26. The molecule has 0 aliphatic carbocycles. The molecule has 2 aromatic carbocycles. The molecular formula is C18H19FO4. The van der Waals surface area contributed by atoms with Crippen molar-refractivity contribution in [2.75, 3.05) is 14.2 Å². The molecule has 0 aliphatic rings. The Morgan fingerprint density at radius 3 is 2.57 bits per heavy atom. The summed E-state index contributed by atoms with van der Waals surface area (Å²) in [5.41, 5.74) is 0.534. The zero-order chi connectivity index (χ0) is 17.0. The number of phenolic OH excluding ortho intramolecular Hbond substituents is 1. The molecule has 0 spiro atoms. The number of aryl methyl sites for hydroxylation is 1. The van der Waals surface area contributed by atoms with Gasteiger partial charge in [-0.3, -0.25) is 0 Å². The second kappa shape index (κ2) is 7.13. The Labute approximate surface area is 134 Å². The minimum atomic E-state index is -0.801. The smallest absolute Gasteiger partial charge is 0.342 e. The van der Waals surface area contributed by atoms with Gasteiger partial charge >= 0.3 is 5.97 Å². The highest BCUT2D eigenvalue weighted by Crippen LogP contribution is 2.40. The van der Waals surface area contributed by atoms with E-state index in [0.717, 1.165) is 0 Å². The Balaban J connectivity index is 2.84. The van der Waals surface area contributed by atoms with Crippen LogP contribution in [0.2, 0.25) is 0 Å². The fraction of sp³-hybridized carbons (Fsp3) is 0.278. The number of rotatable bonds is 5. The highest BCUT2D eigenvalue weighted by atomic mass is 19.1. The van der Waals surface area contributed by atoms with Gasteiger partial charge in [-0.05, 0) is 24.1 Å². The summed E-state index contributed by atoms with van der Waals surface area (Å²) in [6.45, 7) is 1.91. The second-order valence-electron chi connectivity index (χ2n) is 5.06. The largest absolute Gasteiger partial charge is 0.507 e. The van der Waals surface area contributed by atoms with Gasteiger partial charge in [0.05, 0.1) is 14.2 Å². The third-order valence-corrected chi connectivity index (χ3v) is 3.60. The number of methoxy groups -OCH3 is 2. The molecule has 0 bridgehead atoms. The quantitative estimate of drug-likeness (QED) is 0.848. The van der Waals surface area contributed by atoms with E-state index >= 15 is 4.39 Å². The van der Waals surface area contributed by atoms with Gasteiger partial charge in [-0.25, -0.2) is 9.18 Å². The summed E-state index contributed by atoms with van der Waals surface area (Å²) in [6, 6.07) is 8.04. The van der Waals surface area contributed by atoms with Crippen molar-refractivity contribution in [3.8, 4) is 22.6 Å². The van der Waals surface area contributed by atoms with E-state index in [1.807, 2.05) is 6.92 Å². The number of esters is 1. The van der Waals surface area contributed by atoms with Crippen molar-refractivity contribution in [2.45, 2.75) is 19.8 Å². The first kappa shape index (κ1) is 16.8. The van der Waals surface area contributed by atoms with Crippen LogP contribution >= 0.6 is 0 Å². The molecule has 0 aromatic heterocycles.